The highest BCUT2D eigenvalue weighted by Gasteiger charge is 2.22. The van der Waals surface area contributed by atoms with E-state index < -0.39 is 0 Å². The summed E-state index contributed by atoms with van der Waals surface area (Å²) in [5.74, 6) is -0.228. The molecule has 86 valence electrons. The maximum atomic E-state index is 11.2. The Morgan fingerprint density at radius 2 is 2.13 bits per heavy atom. The Balaban J connectivity index is 1.91. The predicted octanol–water partition coefficient (Wildman–Crippen LogP) is -0.192. The fourth-order valence-electron chi connectivity index (χ4n) is 1.13. The zero-order valence-corrected chi connectivity index (χ0v) is 9.04. The summed E-state index contributed by atoms with van der Waals surface area (Å²) in [6.07, 6.45) is 2.49. The summed E-state index contributed by atoms with van der Waals surface area (Å²) < 4.78 is 4.74. The minimum absolute atomic E-state index is 0.00126. The first kappa shape index (κ1) is 12.0. The molecule has 1 saturated carbocycles. The molecule has 5 heteroatoms. The molecule has 5 nitrogen and oxygen atoms in total. The third kappa shape index (κ3) is 6.06. The molecule has 1 rings (SSSR count). The molecule has 0 saturated heterocycles. The number of hydrogen-bond acceptors (Lipinski definition) is 4. The Labute approximate surface area is 89.6 Å². The van der Waals surface area contributed by atoms with Crippen LogP contribution < -0.4 is 10.6 Å². The van der Waals surface area contributed by atoms with E-state index in [1.807, 2.05) is 0 Å². The van der Waals surface area contributed by atoms with Crippen LogP contribution in [0.3, 0.4) is 0 Å². The maximum Gasteiger partial charge on any atom is 0.307 e. The monoisotopic (exact) mass is 214 g/mol. The first-order valence-electron chi connectivity index (χ1n) is 5.38. The highest BCUT2D eigenvalue weighted by Crippen LogP contribution is 2.18. The topological polar surface area (TPSA) is 67.4 Å². The van der Waals surface area contributed by atoms with Gasteiger partial charge in [-0.25, -0.2) is 0 Å². The Hall–Kier alpha value is -1.10. The zero-order chi connectivity index (χ0) is 11.1. The average Bonchev–Trinajstić information content (AvgIpc) is 2.97. The highest BCUT2D eigenvalue weighted by atomic mass is 16.5. The summed E-state index contributed by atoms with van der Waals surface area (Å²) in [4.78, 5) is 22.1. The van der Waals surface area contributed by atoms with Gasteiger partial charge < -0.3 is 15.4 Å². The Morgan fingerprint density at radius 3 is 2.73 bits per heavy atom. The lowest BCUT2D eigenvalue weighted by molar-refractivity contribution is -0.143. The second-order valence-electron chi connectivity index (χ2n) is 3.57. The van der Waals surface area contributed by atoms with E-state index in [9.17, 15) is 9.59 Å². The van der Waals surface area contributed by atoms with E-state index in [-0.39, 0.29) is 18.4 Å². The summed E-state index contributed by atoms with van der Waals surface area (Å²) in [5.41, 5.74) is 0. The van der Waals surface area contributed by atoms with Crippen LogP contribution in [0, 0.1) is 0 Å². The molecule has 1 amide bonds. The third-order valence-corrected chi connectivity index (χ3v) is 2.04. The summed E-state index contributed by atoms with van der Waals surface area (Å²) in [5, 5.41) is 5.74. The van der Waals surface area contributed by atoms with Gasteiger partial charge in [0, 0.05) is 12.6 Å². The van der Waals surface area contributed by atoms with Crippen LogP contribution in [0.25, 0.3) is 0 Å². The van der Waals surface area contributed by atoms with E-state index in [2.05, 4.69) is 10.6 Å². The molecule has 1 fully saturated rings. The molecule has 0 heterocycles. The van der Waals surface area contributed by atoms with E-state index in [0.29, 0.717) is 25.6 Å². The van der Waals surface area contributed by atoms with Crippen molar-refractivity contribution in [3.8, 4) is 0 Å². The lowest BCUT2D eigenvalue weighted by atomic mass is 10.4. The Bertz CT molecular complexity index is 227. The maximum absolute atomic E-state index is 11.2. The van der Waals surface area contributed by atoms with Gasteiger partial charge in [-0.2, -0.15) is 0 Å². The van der Waals surface area contributed by atoms with Crippen molar-refractivity contribution in [2.75, 3.05) is 19.7 Å². The summed E-state index contributed by atoms with van der Waals surface area (Å²) in [6, 6.07) is 0.393. The van der Waals surface area contributed by atoms with Crippen molar-refractivity contribution < 1.29 is 14.3 Å². The fourth-order valence-corrected chi connectivity index (χ4v) is 1.13. The molecule has 15 heavy (non-hydrogen) atoms. The largest absolute Gasteiger partial charge is 0.466 e. The number of carbonyl (C=O) groups excluding carboxylic acids is 2. The molecule has 0 radical (unpaired) electrons. The smallest absolute Gasteiger partial charge is 0.307 e. The van der Waals surface area contributed by atoms with Gasteiger partial charge in [-0.1, -0.05) is 0 Å². The summed E-state index contributed by atoms with van der Waals surface area (Å²) >= 11 is 0. The first-order chi connectivity index (χ1) is 7.22. The molecule has 1 aliphatic rings. The van der Waals surface area contributed by atoms with E-state index in [1.54, 1.807) is 6.92 Å². The third-order valence-electron chi connectivity index (χ3n) is 2.04. The van der Waals surface area contributed by atoms with Gasteiger partial charge >= 0.3 is 5.97 Å². The lowest BCUT2D eigenvalue weighted by Gasteiger charge is -2.05. The molecule has 0 aliphatic heterocycles. The number of esters is 1. The number of rotatable bonds is 7. The predicted molar refractivity (Wildman–Crippen MR) is 55.3 cm³/mol. The van der Waals surface area contributed by atoms with Crippen LogP contribution in [0.2, 0.25) is 0 Å². The average molecular weight is 214 g/mol. The van der Waals surface area contributed by atoms with Gasteiger partial charge in [0.15, 0.2) is 0 Å². The van der Waals surface area contributed by atoms with Gasteiger partial charge in [0.05, 0.1) is 19.6 Å². The molecule has 0 aromatic heterocycles. The second-order valence-corrected chi connectivity index (χ2v) is 3.57. The van der Waals surface area contributed by atoms with Crippen molar-refractivity contribution in [3.05, 3.63) is 0 Å². The van der Waals surface area contributed by atoms with Gasteiger partial charge in [0.25, 0.3) is 0 Å². The fraction of sp³-hybridized carbons (Fsp3) is 0.800. The van der Waals surface area contributed by atoms with E-state index >= 15 is 0 Å². The molecule has 2 N–H and O–H groups in total. The Morgan fingerprint density at radius 1 is 1.40 bits per heavy atom. The van der Waals surface area contributed by atoms with Crippen LogP contribution in [0.15, 0.2) is 0 Å². The molecule has 0 unspecified atom stereocenters. The number of amides is 1. The molecule has 0 bridgehead atoms. The number of carbonyl (C=O) groups is 2. The minimum atomic E-state index is -0.229. The van der Waals surface area contributed by atoms with Crippen LogP contribution in [-0.2, 0) is 14.3 Å². The van der Waals surface area contributed by atoms with Crippen molar-refractivity contribution >= 4 is 11.9 Å². The van der Waals surface area contributed by atoms with Gasteiger partial charge in [-0.15, -0.1) is 0 Å². The summed E-state index contributed by atoms with van der Waals surface area (Å²) in [6.45, 7) is 2.93. The van der Waals surface area contributed by atoms with Crippen LogP contribution in [0.4, 0.5) is 0 Å². The molecule has 0 aromatic carbocycles. The zero-order valence-electron chi connectivity index (χ0n) is 9.04. The number of hydrogen-bond donors (Lipinski definition) is 2. The quantitative estimate of drug-likeness (QED) is 0.455. The number of ether oxygens (including phenoxy) is 1. The molecule has 1 aliphatic carbocycles. The van der Waals surface area contributed by atoms with Gasteiger partial charge in [0.2, 0.25) is 5.91 Å². The van der Waals surface area contributed by atoms with Crippen LogP contribution in [0.5, 0.6) is 0 Å². The van der Waals surface area contributed by atoms with Crippen molar-refractivity contribution in [2.45, 2.75) is 32.2 Å². The van der Waals surface area contributed by atoms with E-state index in [0.717, 1.165) is 12.8 Å². The van der Waals surface area contributed by atoms with Crippen LogP contribution in [0.1, 0.15) is 26.2 Å². The van der Waals surface area contributed by atoms with Gasteiger partial charge in [-0.05, 0) is 19.8 Å². The van der Waals surface area contributed by atoms with Crippen molar-refractivity contribution in [2.24, 2.45) is 0 Å². The molecule has 0 aromatic rings. The normalized spacial score (nSPS) is 14.7. The molecular weight excluding hydrogens is 196 g/mol. The number of nitrogens with one attached hydrogen (secondary N) is 2. The van der Waals surface area contributed by atoms with Gasteiger partial charge in [0.1, 0.15) is 0 Å². The molecular formula is C10H18N2O3. The summed E-state index contributed by atoms with van der Waals surface area (Å²) in [7, 11) is 0. The van der Waals surface area contributed by atoms with E-state index in [4.69, 9.17) is 4.74 Å². The van der Waals surface area contributed by atoms with Crippen molar-refractivity contribution in [1.29, 1.82) is 0 Å². The van der Waals surface area contributed by atoms with Crippen molar-refractivity contribution in [1.82, 2.24) is 10.6 Å². The first-order valence-corrected chi connectivity index (χ1v) is 5.38. The second kappa shape index (κ2) is 6.40. The SMILES string of the molecule is CCOC(=O)CCNCC(=O)NC1CC1. The lowest BCUT2D eigenvalue weighted by Crippen LogP contribution is -2.35. The minimum Gasteiger partial charge on any atom is -0.466 e. The van der Waals surface area contributed by atoms with Crippen LogP contribution >= 0.6 is 0 Å². The Kier molecular flexibility index (Phi) is 5.10. The standard InChI is InChI=1S/C10H18N2O3/c1-2-15-10(14)5-6-11-7-9(13)12-8-3-4-8/h8,11H,2-7H2,1H3,(H,12,13). The van der Waals surface area contributed by atoms with Crippen LogP contribution in [-0.4, -0.2) is 37.6 Å². The van der Waals surface area contributed by atoms with E-state index in [1.165, 1.54) is 0 Å². The highest BCUT2D eigenvalue weighted by molar-refractivity contribution is 5.78. The van der Waals surface area contributed by atoms with Gasteiger partial charge in [-0.3, -0.25) is 9.59 Å². The van der Waals surface area contributed by atoms with Crippen molar-refractivity contribution in [3.63, 3.8) is 0 Å². The molecule has 0 spiro atoms. The molecule has 0 atom stereocenters.